The van der Waals surface area contributed by atoms with Gasteiger partial charge in [0.05, 0.1) is 35.0 Å². The number of para-hydroxylation sites is 2. The van der Waals surface area contributed by atoms with Crippen molar-refractivity contribution < 1.29 is 9.53 Å². The normalized spacial score (nSPS) is 14.5. The summed E-state index contributed by atoms with van der Waals surface area (Å²) in [5, 5.41) is 10.9. The van der Waals surface area contributed by atoms with E-state index in [1.807, 2.05) is 109 Å². The van der Waals surface area contributed by atoms with Gasteiger partial charge in [-0.15, -0.1) is 0 Å². The van der Waals surface area contributed by atoms with Crippen molar-refractivity contribution in [2.45, 2.75) is 27.2 Å². The molecule has 6 heteroatoms. The lowest BCUT2D eigenvalue weighted by atomic mass is 10.0. The van der Waals surface area contributed by atoms with Crippen molar-refractivity contribution in [3.05, 3.63) is 102 Å². The number of ether oxygens (including phenoxy) is 1. The Labute approximate surface area is 217 Å². The van der Waals surface area contributed by atoms with Crippen molar-refractivity contribution in [2.24, 2.45) is 11.0 Å². The Bertz CT molecular complexity index is 1440. The van der Waals surface area contributed by atoms with Crippen molar-refractivity contribution in [2.75, 3.05) is 11.6 Å². The first-order chi connectivity index (χ1) is 18.0. The Kier molecular flexibility index (Phi) is 6.99. The summed E-state index contributed by atoms with van der Waals surface area (Å²) in [5.41, 5.74) is 5.46. The van der Waals surface area contributed by atoms with Gasteiger partial charge in [0.2, 0.25) is 0 Å². The van der Waals surface area contributed by atoms with Crippen molar-refractivity contribution in [3.63, 3.8) is 0 Å². The number of rotatable bonds is 8. The molecule has 1 aliphatic rings. The Morgan fingerprint density at radius 2 is 1.54 bits per heavy atom. The zero-order chi connectivity index (χ0) is 25.8. The molecule has 0 aliphatic carbocycles. The second-order valence-electron chi connectivity index (χ2n) is 9.46. The minimum Gasteiger partial charge on any atom is -0.494 e. The number of carbonyl (C=O) groups is 1. The quantitative estimate of drug-likeness (QED) is 0.256. The first kappa shape index (κ1) is 24.3. The number of aromatic nitrogens is 2. The first-order valence-corrected chi connectivity index (χ1v) is 12.5. The molecule has 0 radical (unpaired) electrons. The first-order valence-electron chi connectivity index (χ1n) is 12.5. The minimum atomic E-state index is -0.156. The number of benzene rings is 3. The van der Waals surface area contributed by atoms with E-state index >= 15 is 0 Å². The van der Waals surface area contributed by atoms with Gasteiger partial charge in [0.25, 0.3) is 5.91 Å². The van der Waals surface area contributed by atoms with Gasteiger partial charge in [-0.05, 0) is 73.9 Å². The maximum atomic E-state index is 13.3. The lowest BCUT2D eigenvalue weighted by Gasteiger charge is -2.11. The SMILES string of the molecule is CC1=NN(c2ccccc2)C(=O)/C1=C/c1cn(-c2ccccc2)nc1-c1ccc(OCCC(C)C)cc1. The van der Waals surface area contributed by atoms with Crippen LogP contribution in [0.3, 0.4) is 0 Å². The van der Waals surface area contributed by atoms with Crippen LogP contribution in [0, 0.1) is 5.92 Å². The summed E-state index contributed by atoms with van der Waals surface area (Å²) in [6, 6.07) is 27.4. The number of amides is 1. The number of hydrogen-bond donors (Lipinski definition) is 0. The average Bonchev–Trinajstić information content (AvgIpc) is 3.47. The van der Waals surface area contributed by atoms with Crippen LogP contribution in [0.5, 0.6) is 5.75 Å². The fourth-order valence-corrected chi connectivity index (χ4v) is 4.14. The van der Waals surface area contributed by atoms with Crippen LogP contribution in [-0.4, -0.2) is 28.0 Å². The predicted molar refractivity (Wildman–Crippen MR) is 149 cm³/mol. The van der Waals surface area contributed by atoms with Gasteiger partial charge in [0.1, 0.15) is 5.75 Å². The van der Waals surface area contributed by atoms with E-state index in [0.29, 0.717) is 23.8 Å². The molecule has 2 heterocycles. The van der Waals surface area contributed by atoms with E-state index in [4.69, 9.17) is 9.84 Å². The van der Waals surface area contributed by atoms with Crippen LogP contribution in [0.2, 0.25) is 0 Å². The summed E-state index contributed by atoms with van der Waals surface area (Å²) in [4.78, 5) is 13.3. The van der Waals surface area contributed by atoms with E-state index in [2.05, 4.69) is 18.9 Å². The van der Waals surface area contributed by atoms with Gasteiger partial charge in [-0.1, -0.05) is 50.2 Å². The Hall–Kier alpha value is -4.45. The average molecular weight is 491 g/mol. The third-order valence-corrected chi connectivity index (χ3v) is 6.22. The number of hydrogen-bond acceptors (Lipinski definition) is 4. The van der Waals surface area contributed by atoms with E-state index < -0.39 is 0 Å². The maximum Gasteiger partial charge on any atom is 0.280 e. The van der Waals surface area contributed by atoms with Crippen molar-refractivity contribution in [1.29, 1.82) is 0 Å². The van der Waals surface area contributed by atoms with Crippen LogP contribution in [0.15, 0.2) is 102 Å². The van der Waals surface area contributed by atoms with Crippen LogP contribution in [0.25, 0.3) is 23.0 Å². The van der Waals surface area contributed by atoms with Crippen LogP contribution in [-0.2, 0) is 4.79 Å². The summed E-state index contributed by atoms with van der Waals surface area (Å²) in [5.74, 6) is 1.27. The molecule has 0 fully saturated rings. The maximum absolute atomic E-state index is 13.3. The third kappa shape index (κ3) is 5.38. The molecular weight excluding hydrogens is 460 g/mol. The van der Waals surface area contributed by atoms with Gasteiger partial charge in [0, 0.05) is 17.3 Å². The summed E-state index contributed by atoms with van der Waals surface area (Å²) in [6.45, 7) is 6.92. The molecule has 1 aromatic heterocycles. The molecule has 3 aromatic carbocycles. The monoisotopic (exact) mass is 490 g/mol. The Morgan fingerprint density at radius 1 is 0.892 bits per heavy atom. The van der Waals surface area contributed by atoms with Crippen LogP contribution in [0.4, 0.5) is 5.69 Å². The molecule has 0 bridgehead atoms. The summed E-state index contributed by atoms with van der Waals surface area (Å²) < 4.78 is 7.74. The molecule has 0 atom stereocenters. The fourth-order valence-electron chi connectivity index (χ4n) is 4.14. The summed E-state index contributed by atoms with van der Waals surface area (Å²) in [6.07, 6.45) is 4.85. The fraction of sp³-hybridized carbons (Fsp3) is 0.194. The van der Waals surface area contributed by atoms with Gasteiger partial charge in [-0.2, -0.15) is 15.2 Å². The lowest BCUT2D eigenvalue weighted by Crippen LogP contribution is -2.21. The van der Waals surface area contributed by atoms with Crippen LogP contribution >= 0.6 is 0 Å². The van der Waals surface area contributed by atoms with Gasteiger partial charge in [-0.3, -0.25) is 4.79 Å². The van der Waals surface area contributed by atoms with E-state index in [0.717, 1.165) is 40.4 Å². The van der Waals surface area contributed by atoms with Crippen LogP contribution < -0.4 is 9.75 Å². The predicted octanol–water partition coefficient (Wildman–Crippen LogP) is 6.77. The highest BCUT2D eigenvalue weighted by Gasteiger charge is 2.29. The highest BCUT2D eigenvalue weighted by molar-refractivity contribution is 6.32. The molecule has 0 unspecified atom stereocenters. The molecule has 0 saturated heterocycles. The van der Waals surface area contributed by atoms with Gasteiger partial charge in [0.15, 0.2) is 0 Å². The smallest absolute Gasteiger partial charge is 0.280 e. The van der Waals surface area contributed by atoms with E-state index in [9.17, 15) is 4.79 Å². The molecule has 5 rings (SSSR count). The topological polar surface area (TPSA) is 59.7 Å². The van der Waals surface area contributed by atoms with E-state index in [1.54, 1.807) is 0 Å². The van der Waals surface area contributed by atoms with E-state index in [-0.39, 0.29) is 5.91 Å². The molecule has 1 aliphatic heterocycles. The van der Waals surface area contributed by atoms with Crippen molar-refractivity contribution in [1.82, 2.24) is 9.78 Å². The Morgan fingerprint density at radius 3 is 2.19 bits per heavy atom. The number of nitrogens with zero attached hydrogens (tertiary/aromatic N) is 4. The molecule has 0 N–H and O–H groups in total. The van der Waals surface area contributed by atoms with Gasteiger partial charge >= 0.3 is 0 Å². The molecule has 4 aromatic rings. The zero-order valence-corrected chi connectivity index (χ0v) is 21.3. The second kappa shape index (κ2) is 10.7. The minimum absolute atomic E-state index is 0.156. The molecule has 6 nitrogen and oxygen atoms in total. The molecule has 0 spiro atoms. The highest BCUT2D eigenvalue weighted by atomic mass is 16.5. The largest absolute Gasteiger partial charge is 0.494 e. The van der Waals surface area contributed by atoms with Crippen molar-refractivity contribution >= 4 is 23.4 Å². The van der Waals surface area contributed by atoms with Crippen molar-refractivity contribution in [3.8, 4) is 22.7 Å². The number of carbonyl (C=O) groups excluding carboxylic acids is 1. The Balaban J connectivity index is 1.50. The molecule has 37 heavy (non-hydrogen) atoms. The van der Waals surface area contributed by atoms with Crippen LogP contribution in [0.1, 0.15) is 32.8 Å². The molecule has 186 valence electrons. The standard InChI is InChI=1S/C31H30N4O2/c1-22(2)18-19-37-28-16-14-24(15-17-28)30-25(21-34(33-30)26-10-6-4-7-11-26)20-29-23(3)32-35(31(29)36)27-12-8-5-9-13-27/h4-17,20-22H,18-19H2,1-3H3/b29-20+. The molecule has 1 amide bonds. The second-order valence-corrected chi connectivity index (χ2v) is 9.46. The van der Waals surface area contributed by atoms with Gasteiger partial charge in [-0.25, -0.2) is 4.68 Å². The number of hydrazone groups is 1. The molecular formula is C31H30N4O2. The highest BCUT2D eigenvalue weighted by Crippen LogP contribution is 2.30. The summed E-state index contributed by atoms with van der Waals surface area (Å²) in [7, 11) is 0. The lowest BCUT2D eigenvalue weighted by molar-refractivity contribution is -0.114. The van der Waals surface area contributed by atoms with E-state index in [1.165, 1.54) is 5.01 Å². The third-order valence-electron chi connectivity index (χ3n) is 6.22. The number of anilines is 1. The summed E-state index contributed by atoms with van der Waals surface area (Å²) >= 11 is 0. The molecule has 0 saturated carbocycles. The zero-order valence-electron chi connectivity index (χ0n) is 21.3. The van der Waals surface area contributed by atoms with Gasteiger partial charge < -0.3 is 4.74 Å².